The third kappa shape index (κ3) is 3.53. The number of para-hydroxylation sites is 1. The van der Waals surface area contributed by atoms with E-state index in [0.29, 0.717) is 32.3 Å². The Morgan fingerprint density at radius 2 is 1.96 bits per heavy atom. The molecule has 2 aliphatic heterocycles. The van der Waals surface area contributed by atoms with Gasteiger partial charge in [-0.3, -0.25) is 0 Å². The summed E-state index contributed by atoms with van der Waals surface area (Å²) in [5.41, 5.74) is 0.766. The van der Waals surface area contributed by atoms with Crippen LogP contribution >= 0.6 is 0 Å². The molecule has 1 aromatic carbocycles. The van der Waals surface area contributed by atoms with Crippen molar-refractivity contribution in [2.75, 3.05) is 32.9 Å². The van der Waals surface area contributed by atoms with Gasteiger partial charge in [-0.2, -0.15) is 5.10 Å². The predicted molar refractivity (Wildman–Crippen MR) is 93.2 cm³/mol. The molecule has 7 heteroatoms. The lowest BCUT2D eigenvalue weighted by Gasteiger charge is -2.22. The largest absolute Gasteiger partial charge is 0.376 e. The number of benzene rings is 1. The first-order valence-corrected chi connectivity index (χ1v) is 8.98. The van der Waals surface area contributed by atoms with Gasteiger partial charge in [-0.15, -0.1) is 0 Å². The molecule has 0 aliphatic carbocycles. The van der Waals surface area contributed by atoms with Crippen LogP contribution < -0.4 is 11.0 Å². The van der Waals surface area contributed by atoms with E-state index in [9.17, 15) is 4.79 Å². The second kappa shape index (κ2) is 7.51. The predicted octanol–water partition coefficient (Wildman–Crippen LogP) is 0.916. The summed E-state index contributed by atoms with van der Waals surface area (Å²) in [6.07, 6.45) is 1.87. The van der Waals surface area contributed by atoms with Crippen LogP contribution in [-0.4, -0.2) is 53.4 Å². The maximum atomic E-state index is 13.1. The molecular formula is C18H24N4O3. The summed E-state index contributed by atoms with van der Waals surface area (Å²) in [6, 6.07) is 9.76. The number of hydrogen-bond acceptors (Lipinski definition) is 5. The minimum atomic E-state index is -0.119. The molecule has 7 nitrogen and oxygen atoms in total. The van der Waals surface area contributed by atoms with Gasteiger partial charge in [-0.1, -0.05) is 18.2 Å². The highest BCUT2D eigenvalue weighted by Gasteiger charge is 2.26. The van der Waals surface area contributed by atoms with Crippen molar-refractivity contribution in [1.82, 2.24) is 19.7 Å². The summed E-state index contributed by atoms with van der Waals surface area (Å²) in [6.45, 7) is 4.04. The molecule has 0 bridgehead atoms. The first-order valence-electron chi connectivity index (χ1n) is 8.98. The molecule has 0 amide bonds. The van der Waals surface area contributed by atoms with Crippen molar-refractivity contribution < 1.29 is 9.47 Å². The van der Waals surface area contributed by atoms with Gasteiger partial charge < -0.3 is 14.8 Å². The van der Waals surface area contributed by atoms with E-state index >= 15 is 0 Å². The van der Waals surface area contributed by atoms with Gasteiger partial charge in [0.2, 0.25) is 0 Å². The van der Waals surface area contributed by atoms with E-state index in [1.54, 1.807) is 9.25 Å². The van der Waals surface area contributed by atoms with Crippen LogP contribution in [-0.2, 0) is 16.0 Å². The number of piperidine rings is 1. The van der Waals surface area contributed by atoms with Gasteiger partial charge in [0.1, 0.15) is 11.9 Å². The zero-order valence-corrected chi connectivity index (χ0v) is 14.3. The monoisotopic (exact) mass is 344 g/mol. The highest BCUT2D eigenvalue weighted by Crippen LogP contribution is 2.24. The van der Waals surface area contributed by atoms with Crippen molar-refractivity contribution in [3.8, 4) is 5.69 Å². The van der Waals surface area contributed by atoms with E-state index in [-0.39, 0.29) is 11.8 Å². The molecule has 2 fully saturated rings. The molecule has 0 saturated carbocycles. The fourth-order valence-corrected chi connectivity index (χ4v) is 3.54. The Morgan fingerprint density at radius 1 is 1.16 bits per heavy atom. The van der Waals surface area contributed by atoms with Crippen LogP contribution in [0, 0.1) is 0 Å². The minimum absolute atomic E-state index is 0.103. The highest BCUT2D eigenvalue weighted by molar-refractivity contribution is 5.33. The second-order valence-electron chi connectivity index (χ2n) is 6.59. The van der Waals surface area contributed by atoms with E-state index in [4.69, 9.17) is 14.6 Å². The molecule has 0 unspecified atom stereocenters. The number of hydrogen-bond donors (Lipinski definition) is 1. The van der Waals surface area contributed by atoms with Gasteiger partial charge in [0.05, 0.1) is 32.1 Å². The average Bonchev–Trinajstić information content (AvgIpc) is 3.00. The lowest BCUT2D eigenvalue weighted by molar-refractivity contribution is -0.0950. The average molecular weight is 344 g/mol. The third-order valence-corrected chi connectivity index (χ3v) is 4.84. The molecule has 2 saturated heterocycles. The molecule has 4 rings (SSSR count). The molecule has 3 heterocycles. The molecule has 1 atom stereocenters. The van der Waals surface area contributed by atoms with Crippen molar-refractivity contribution in [2.45, 2.75) is 31.4 Å². The van der Waals surface area contributed by atoms with Crippen molar-refractivity contribution in [3.63, 3.8) is 0 Å². The molecule has 25 heavy (non-hydrogen) atoms. The number of nitrogens with one attached hydrogen (secondary N) is 1. The van der Waals surface area contributed by atoms with Crippen LogP contribution in [0.5, 0.6) is 0 Å². The third-order valence-electron chi connectivity index (χ3n) is 4.84. The molecule has 134 valence electrons. The normalized spacial score (nSPS) is 22.2. The first kappa shape index (κ1) is 16.5. The maximum absolute atomic E-state index is 13.1. The summed E-state index contributed by atoms with van der Waals surface area (Å²) >= 11 is 0. The zero-order valence-electron chi connectivity index (χ0n) is 14.3. The van der Waals surface area contributed by atoms with Gasteiger partial charge in [0.15, 0.2) is 0 Å². The summed E-state index contributed by atoms with van der Waals surface area (Å²) in [7, 11) is 0. The fourth-order valence-electron chi connectivity index (χ4n) is 3.54. The van der Waals surface area contributed by atoms with Crippen LogP contribution in [0.3, 0.4) is 0 Å². The summed E-state index contributed by atoms with van der Waals surface area (Å²) in [4.78, 5) is 13.1. The highest BCUT2D eigenvalue weighted by atomic mass is 16.6. The zero-order chi connectivity index (χ0) is 17.1. The van der Waals surface area contributed by atoms with Crippen LogP contribution in [0.2, 0.25) is 0 Å². The van der Waals surface area contributed by atoms with E-state index in [0.717, 1.165) is 37.4 Å². The first-order chi connectivity index (χ1) is 12.3. The van der Waals surface area contributed by atoms with Crippen LogP contribution in [0.1, 0.15) is 24.6 Å². The molecule has 2 aromatic rings. The Morgan fingerprint density at radius 3 is 2.68 bits per heavy atom. The standard InChI is InChI=1S/C18H24N4O3/c23-18-21(12-16-13-24-10-11-25-16)20-17(14-6-8-19-9-7-14)22(18)15-4-2-1-3-5-15/h1-5,14,16,19H,6-13H2/t16-/m1/s1. The lowest BCUT2D eigenvalue weighted by atomic mass is 9.97. The number of nitrogens with zero attached hydrogens (tertiary/aromatic N) is 3. The SMILES string of the molecule is O=c1n(C[C@@H]2COCCO2)nc(C2CCNCC2)n1-c1ccccc1. The molecular weight excluding hydrogens is 320 g/mol. The number of rotatable bonds is 4. The van der Waals surface area contributed by atoms with Crippen molar-refractivity contribution in [3.05, 3.63) is 46.6 Å². The Balaban J connectivity index is 1.70. The molecule has 0 spiro atoms. The number of aromatic nitrogens is 3. The van der Waals surface area contributed by atoms with Gasteiger partial charge in [0, 0.05) is 5.92 Å². The topological polar surface area (TPSA) is 70.3 Å². The van der Waals surface area contributed by atoms with Crippen LogP contribution in [0.15, 0.2) is 35.1 Å². The van der Waals surface area contributed by atoms with Crippen molar-refractivity contribution in [2.24, 2.45) is 0 Å². The van der Waals surface area contributed by atoms with Gasteiger partial charge in [-0.25, -0.2) is 14.0 Å². The molecule has 1 N–H and O–H groups in total. The Bertz CT molecular complexity index is 743. The molecule has 1 aromatic heterocycles. The molecule has 0 radical (unpaired) electrons. The van der Waals surface area contributed by atoms with Crippen molar-refractivity contribution >= 4 is 0 Å². The summed E-state index contributed by atoms with van der Waals surface area (Å²) < 4.78 is 14.5. The smallest absolute Gasteiger partial charge is 0.350 e. The molecule has 2 aliphatic rings. The van der Waals surface area contributed by atoms with E-state index in [1.165, 1.54) is 0 Å². The van der Waals surface area contributed by atoms with Gasteiger partial charge in [-0.05, 0) is 38.1 Å². The Hall–Kier alpha value is -1.96. The lowest BCUT2D eigenvalue weighted by Crippen LogP contribution is -2.36. The Kier molecular flexibility index (Phi) is 4.96. The second-order valence-corrected chi connectivity index (χ2v) is 6.59. The van der Waals surface area contributed by atoms with E-state index in [1.807, 2.05) is 30.3 Å². The minimum Gasteiger partial charge on any atom is -0.376 e. The van der Waals surface area contributed by atoms with E-state index < -0.39 is 0 Å². The maximum Gasteiger partial charge on any atom is 0.350 e. The van der Waals surface area contributed by atoms with Crippen molar-refractivity contribution in [1.29, 1.82) is 0 Å². The fraction of sp³-hybridized carbons (Fsp3) is 0.556. The van der Waals surface area contributed by atoms with Gasteiger partial charge >= 0.3 is 5.69 Å². The Labute approximate surface area is 146 Å². The summed E-state index contributed by atoms with van der Waals surface area (Å²) in [5, 5.41) is 8.08. The van der Waals surface area contributed by atoms with Crippen LogP contribution in [0.4, 0.5) is 0 Å². The quantitative estimate of drug-likeness (QED) is 0.893. The van der Waals surface area contributed by atoms with E-state index in [2.05, 4.69) is 5.32 Å². The van der Waals surface area contributed by atoms with Gasteiger partial charge in [0.25, 0.3) is 0 Å². The summed E-state index contributed by atoms with van der Waals surface area (Å²) in [5.74, 6) is 1.15. The number of ether oxygens (including phenoxy) is 2. The van der Waals surface area contributed by atoms with Crippen LogP contribution in [0.25, 0.3) is 5.69 Å².